The van der Waals surface area contributed by atoms with E-state index in [-0.39, 0.29) is 6.10 Å². The molecule has 18 heavy (non-hydrogen) atoms. The monoisotopic (exact) mass is 239 g/mol. The summed E-state index contributed by atoms with van der Waals surface area (Å²) in [5.74, 6) is 1.04. The average Bonchev–Trinajstić information content (AvgIpc) is 2.79. The van der Waals surface area contributed by atoms with Gasteiger partial charge in [-0.15, -0.1) is 0 Å². The zero-order valence-electron chi connectivity index (χ0n) is 10.5. The minimum atomic E-state index is 0.239. The van der Waals surface area contributed by atoms with E-state index < -0.39 is 0 Å². The van der Waals surface area contributed by atoms with Crippen molar-refractivity contribution in [2.24, 2.45) is 0 Å². The molecule has 0 bridgehead atoms. The van der Waals surface area contributed by atoms with Crippen molar-refractivity contribution in [3.63, 3.8) is 0 Å². The standard InChI is InChI=1S/C16H17NO/c1-12-5-4-7-14(9-12)17-11-15-10-13-6-2-3-8-16(13)18-15/h2-9,15,17H,10-11H2,1H3. The summed E-state index contributed by atoms with van der Waals surface area (Å²) in [6, 6.07) is 16.7. The summed E-state index contributed by atoms with van der Waals surface area (Å²) in [5, 5.41) is 3.44. The fourth-order valence-electron chi connectivity index (χ4n) is 2.35. The summed E-state index contributed by atoms with van der Waals surface area (Å²) in [6.45, 7) is 2.95. The molecule has 1 aliphatic heterocycles. The van der Waals surface area contributed by atoms with Crippen LogP contribution in [0.4, 0.5) is 5.69 Å². The Morgan fingerprint density at radius 1 is 1.17 bits per heavy atom. The summed E-state index contributed by atoms with van der Waals surface area (Å²) in [4.78, 5) is 0. The maximum atomic E-state index is 5.90. The number of para-hydroxylation sites is 1. The molecule has 0 fully saturated rings. The zero-order valence-corrected chi connectivity index (χ0v) is 10.5. The van der Waals surface area contributed by atoms with Gasteiger partial charge in [0.05, 0.1) is 6.54 Å². The number of nitrogens with one attached hydrogen (secondary N) is 1. The number of benzene rings is 2. The molecule has 3 rings (SSSR count). The topological polar surface area (TPSA) is 21.3 Å². The summed E-state index contributed by atoms with van der Waals surface area (Å²) >= 11 is 0. The molecule has 0 radical (unpaired) electrons. The molecular weight excluding hydrogens is 222 g/mol. The van der Waals surface area contributed by atoms with Gasteiger partial charge in [0, 0.05) is 12.1 Å². The van der Waals surface area contributed by atoms with Gasteiger partial charge in [0.15, 0.2) is 0 Å². The highest BCUT2D eigenvalue weighted by atomic mass is 16.5. The van der Waals surface area contributed by atoms with Crippen molar-refractivity contribution in [3.05, 3.63) is 59.7 Å². The van der Waals surface area contributed by atoms with E-state index in [0.717, 1.165) is 24.4 Å². The fourth-order valence-corrected chi connectivity index (χ4v) is 2.35. The first kappa shape index (κ1) is 11.1. The molecule has 2 aromatic carbocycles. The number of aryl methyl sites for hydroxylation is 1. The van der Waals surface area contributed by atoms with Crippen molar-refractivity contribution < 1.29 is 4.74 Å². The Morgan fingerprint density at radius 2 is 2.06 bits per heavy atom. The lowest BCUT2D eigenvalue weighted by Crippen LogP contribution is -2.23. The van der Waals surface area contributed by atoms with Crippen molar-refractivity contribution in [2.75, 3.05) is 11.9 Å². The van der Waals surface area contributed by atoms with Gasteiger partial charge in [-0.05, 0) is 36.2 Å². The second-order valence-corrected chi connectivity index (χ2v) is 4.80. The maximum absolute atomic E-state index is 5.90. The Labute approximate surface area is 108 Å². The van der Waals surface area contributed by atoms with Crippen LogP contribution in [0, 0.1) is 6.92 Å². The van der Waals surface area contributed by atoms with Crippen LogP contribution >= 0.6 is 0 Å². The lowest BCUT2D eigenvalue weighted by molar-refractivity contribution is 0.246. The number of fused-ring (bicyclic) bond motifs is 1. The summed E-state index contributed by atoms with van der Waals surface area (Å²) in [7, 11) is 0. The van der Waals surface area contributed by atoms with E-state index in [0.29, 0.717) is 0 Å². The van der Waals surface area contributed by atoms with Gasteiger partial charge in [-0.1, -0.05) is 30.3 Å². The number of rotatable bonds is 3. The van der Waals surface area contributed by atoms with E-state index in [4.69, 9.17) is 4.74 Å². The number of ether oxygens (including phenoxy) is 1. The van der Waals surface area contributed by atoms with Gasteiger partial charge in [-0.3, -0.25) is 0 Å². The molecule has 2 nitrogen and oxygen atoms in total. The molecule has 1 atom stereocenters. The molecule has 2 heteroatoms. The van der Waals surface area contributed by atoms with E-state index in [1.807, 2.05) is 12.1 Å². The van der Waals surface area contributed by atoms with Gasteiger partial charge in [-0.25, -0.2) is 0 Å². The van der Waals surface area contributed by atoms with Crippen LogP contribution in [0.2, 0.25) is 0 Å². The smallest absolute Gasteiger partial charge is 0.123 e. The SMILES string of the molecule is Cc1cccc(NCC2Cc3ccccc3O2)c1. The van der Waals surface area contributed by atoms with Crippen molar-refractivity contribution in [2.45, 2.75) is 19.4 Å². The van der Waals surface area contributed by atoms with Crippen LogP contribution in [0.5, 0.6) is 5.75 Å². The Morgan fingerprint density at radius 3 is 2.89 bits per heavy atom. The molecule has 0 saturated heterocycles. The molecule has 1 unspecified atom stereocenters. The Balaban J connectivity index is 1.60. The first-order chi connectivity index (χ1) is 8.81. The Hall–Kier alpha value is -1.96. The molecule has 0 aromatic heterocycles. The van der Waals surface area contributed by atoms with Crippen LogP contribution in [-0.4, -0.2) is 12.6 Å². The van der Waals surface area contributed by atoms with Gasteiger partial charge in [-0.2, -0.15) is 0 Å². The molecule has 0 spiro atoms. The van der Waals surface area contributed by atoms with Gasteiger partial charge < -0.3 is 10.1 Å². The minimum Gasteiger partial charge on any atom is -0.488 e. The molecule has 0 amide bonds. The predicted octanol–water partition coefficient (Wildman–Crippen LogP) is 3.41. The van der Waals surface area contributed by atoms with Crippen molar-refractivity contribution in [1.29, 1.82) is 0 Å². The molecule has 0 aliphatic carbocycles. The first-order valence-corrected chi connectivity index (χ1v) is 6.36. The molecule has 1 heterocycles. The second kappa shape index (κ2) is 4.73. The van der Waals surface area contributed by atoms with E-state index in [9.17, 15) is 0 Å². The van der Waals surface area contributed by atoms with Crippen molar-refractivity contribution >= 4 is 5.69 Å². The molecule has 1 aliphatic rings. The molecule has 92 valence electrons. The summed E-state index contributed by atoms with van der Waals surface area (Å²) < 4.78 is 5.90. The van der Waals surface area contributed by atoms with Crippen LogP contribution in [0.1, 0.15) is 11.1 Å². The maximum Gasteiger partial charge on any atom is 0.123 e. The van der Waals surface area contributed by atoms with Gasteiger partial charge >= 0.3 is 0 Å². The van der Waals surface area contributed by atoms with Gasteiger partial charge in [0.1, 0.15) is 11.9 Å². The zero-order chi connectivity index (χ0) is 12.4. The molecule has 0 saturated carbocycles. The molecule has 2 aromatic rings. The van der Waals surface area contributed by atoms with Crippen molar-refractivity contribution in [3.8, 4) is 5.75 Å². The summed E-state index contributed by atoms with van der Waals surface area (Å²) in [5.41, 5.74) is 3.75. The van der Waals surface area contributed by atoms with Crippen molar-refractivity contribution in [1.82, 2.24) is 0 Å². The van der Waals surface area contributed by atoms with Crippen LogP contribution < -0.4 is 10.1 Å². The fraction of sp³-hybridized carbons (Fsp3) is 0.250. The number of hydrogen-bond acceptors (Lipinski definition) is 2. The minimum absolute atomic E-state index is 0.239. The van der Waals surface area contributed by atoms with Gasteiger partial charge in [0.25, 0.3) is 0 Å². The third-order valence-electron chi connectivity index (χ3n) is 3.27. The largest absolute Gasteiger partial charge is 0.488 e. The Kier molecular flexibility index (Phi) is 2.93. The third-order valence-corrected chi connectivity index (χ3v) is 3.27. The van der Waals surface area contributed by atoms with Crippen LogP contribution in [0.25, 0.3) is 0 Å². The second-order valence-electron chi connectivity index (χ2n) is 4.80. The molecule has 1 N–H and O–H groups in total. The average molecular weight is 239 g/mol. The summed E-state index contributed by atoms with van der Waals surface area (Å²) in [6.07, 6.45) is 1.23. The van der Waals surface area contributed by atoms with Crippen LogP contribution in [0.3, 0.4) is 0 Å². The normalized spacial score (nSPS) is 17.1. The van der Waals surface area contributed by atoms with E-state index in [2.05, 4.69) is 48.6 Å². The molecular formula is C16H17NO. The highest BCUT2D eigenvalue weighted by molar-refractivity contribution is 5.46. The van der Waals surface area contributed by atoms with E-state index >= 15 is 0 Å². The quantitative estimate of drug-likeness (QED) is 0.886. The van der Waals surface area contributed by atoms with Gasteiger partial charge in [0.2, 0.25) is 0 Å². The third kappa shape index (κ3) is 2.33. The predicted molar refractivity (Wildman–Crippen MR) is 74.2 cm³/mol. The highest BCUT2D eigenvalue weighted by Gasteiger charge is 2.21. The lowest BCUT2D eigenvalue weighted by atomic mass is 10.1. The van der Waals surface area contributed by atoms with E-state index in [1.54, 1.807) is 0 Å². The first-order valence-electron chi connectivity index (χ1n) is 6.36. The number of anilines is 1. The van der Waals surface area contributed by atoms with Crippen LogP contribution in [0.15, 0.2) is 48.5 Å². The van der Waals surface area contributed by atoms with E-state index in [1.165, 1.54) is 11.1 Å². The lowest BCUT2D eigenvalue weighted by Gasteiger charge is -2.13. The van der Waals surface area contributed by atoms with Crippen LogP contribution in [-0.2, 0) is 6.42 Å². The Bertz CT molecular complexity index is 525. The highest BCUT2D eigenvalue weighted by Crippen LogP contribution is 2.28. The number of hydrogen-bond donors (Lipinski definition) is 1.